The van der Waals surface area contributed by atoms with Crippen LogP contribution in [0.15, 0.2) is 0 Å². The lowest BCUT2D eigenvalue weighted by Crippen LogP contribution is -2.33. The molecular weight excluding hydrogens is 246 g/mol. The second-order valence-electron chi connectivity index (χ2n) is 5.97. The van der Waals surface area contributed by atoms with Gasteiger partial charge in [-0.3, -0.25) is 4.79 Å². The van der Waals surface area contributed by atoms with Crippen molar-refractivity contribution in [1.82, 2.24) is 9.80 Å². The predicted molar refractivity (Wildman–Crippen MR) is 78.5 cm³/mol. The van der Waals surface area contributed by atoms with Gasteiger partial charge in [0.2, 0.25) is 5.91 Å². The minimum Gasteiger partial charge on any atom is -0.393 e. The van der Waals surface area contributed by atoms with Gasteiger partial charge in [0.1, 0.15) is 0 Å². The Morgan fingerprint density at radius 2 is 2.11 bits per heavy atom. The average Bonchev–Trinajstić information content (AvgIpc) is 2.62. The van der Waals surface area contributed by atoms with Crippen molar-refractivity contribution in [3.05, 3.63) is 0 Å². The SMILES string of the molecule is CN(CCC(N)=S)C(=O)CCN1CCC(C)(C)C1. The number of amides is 1. The zero-order valence-corrected chi connectivity index (χ0v) is 12.6. The van der Waals surface area contributed by atoms with Gasteiger partial charge in [0, 0.05) is 39.5 Å². The van der Waals surface area contributed by atoms with Crippen LogP contribution in [0.5, 0.6) is 0 Å². The summed E-state index contributed by atoms with van der Waals surface area (Å²) in [5, 5.41) is 0. The summed E-state index contributed by atoms with van der Waals surface area (Å²) >= 11 is 4.81. The van der Waals surface area contributed by atoms with E-state index in [1.807, 2.05) is 7.05 Å². The average molecular weight is 271 g/mol. The molecule has 1 fully saturated rings. The molecule has 0 aliphatic carbocycles. The lowest BCUT2D eigenvalue weighted by molar-refractivity contribution is -0.130. The Morgan fingerprint density at radius 1 is 1.44 bits per heavy atom. The minimum absolute atomic E-state index is 0.177. The fraction of sp³-hybridized carbons (Fsp3) is 0.846. The van der Waals surface area contributed by atoms with Crippen molar-refractivity contribution in [3.8, 4) is 0 Å². The van der Waals surface area contributed by atoms with E-state index in [9.17, 15) is 4.79 Å². The minimum atomic E-state index is 0.177. The molecule has 5 heteroatoms. The molecule has 0 aromatic rings. The molecule has 0 saturated carbocycles. The van der Waals surface area contributed by atoms with Gasteiger partial charge in [0.15, 0.2) is 0 Å². The van der Waals surface area contributed by atoms with Crippen molar-refractivity contribution < 1.29 is 4.79 Å². The second-order valence-corrected chi connectivity index (χ2v) is 6.50. The first-order valence-corrected chi connectivity index (χ1v) is 6.96. The van der Waals surface area contributed by atoms with Crippen LogP contribution >= 0.6 is 12.2 Å². The summed E-state index contributed by atoms with van der Waals surface area (Å²) in [4.78, 5) is 16.5. The Kier molecular flexibility index (Phi) is 5.53. The maximum atomic E-state index is 11.9. The van der Waals surface area contributed by atoms with E-state index >= 15 is 0 Å². The molecular formula is C13H25N3OS. The topological polar surface area (TPSA) is 49.6 Å². The lowest BCUT2D eigenvalue weighted by atomic mass is 9.93. The fourth-order valence-electron chi connectivity index (χ4n) is 2.26. The highest BCUT2D eigenvalue weighted by Gasteiger charge is 2.29. The number of nitrogens with zero attached hydrogens (tertiary/aromatic N) is 2. The summed E-state index contributed by atoms with van der Waals surface area (Å²) in [6, 6.07) is 0. The van der Waals surface area contributed by atoms with Crippen molar-refractivity contribution >= 4 is 23.1 Å². The van der Waals surface area contributed by atoms with E-state index in [1.165, 1.54) is 6.42 Å². The van der Waals surface area contributed by atoms with E-state index in [4.69, 9.17) is 18.0 Å². The Hall–Kier alpha value is -0.680. The number of nitrogens with two attached hydrogens (primary N) is 1. The molecule has 4 nitrogen and oxygen atoms in total. The number of likely N-dealkylation sites (tertiary alicyclic amines) is 1. The second kappa shape index (κ2) is 6.48. The van der Waals surface area contributed by atoms with Crippen LogP contribution in [0, 0.1) is 5.41 Å². The maximum Gasteiger partial charge on any atom is 0.223 e. The standard InChI is InChI=1S/C13H25N3OS/c1-13(2)6-9-16(10-13)8-5-12(17)15(3)7-4-11(14)18/h4-10H2,1-3H3,(H2,14,18). The lowest BCUT2D eigenvalue weighted by Gasteiger charge is -2.21. The zero-order valence-electron chi connectivity index (χ0n) is 11.7. The normalized spacial score (nSPS) is 18.8. The largest absolute Gasteiger partial charge is 0.393 e. The molecule has 0 aromatic heterocycles. The van der Waals surface area contributed by atoms with Crippen LogP contribution in [0.2, 0.25) is 0 Å². The van der Waals surface area contributed by atoms with Gasteiger partial charge >= 0.3 is 0 Å². The number of hydrogen-bond donors (Lipinski definition) is 1. The Balaban J connectivity index is 2.22. The summed E-state index contributed by atoms with van der Waals surface area (Å²) < 4.78 is 0. The van der Waals surface area contributed by atoms with Crippen LogP contribution < -0.4 is 5.73 Å². The Morgan fingerprint density at radius 3 is 2.61 bits per heavy atom. The van der Waals surface area contributed by atoms with Crippen molar-refractivity contribution in [3.63, 3.8) is 0 Å². The molecule has 104 valence electrons. The van der Waals surface area contributed by atoms with Gasteiger partial charge in [-0.25, -0.2) is 0 Å². The Bertz CT molecular complexity index is 317. The van der Waals surface area contributed by atoms with Gasteiger partial charge < -0.3 is 15.5 Å². The van der Waals surface area contributed by atoms with Gasteiger partial charge in [-0.05, 0) is 18.4 Å². The number of rotatable bonds is 6. The monoisotopic (exact) mass is 271 g/mol. The molecule has 0 bridgehead atoms. The van der Waals surface area contributed by atoms with Crippen molar-refractivity contribution in [2.75, 3.05) is 33.2 Å². The summed E-state index contributed by atoms with van der Waals surface area (Å²) in [7, 11) is 1.81. The number of carbonyl (C=O) groups excluding carboxylic acids is 1. The summed E-state index contributed by atoms with van der Waals surface area (Å²) in [6.45, 7) is 8.25. The van der Waals surface area contributed by atoms with E-state index in [-0.39, 0.29) is 5.91 Å². The molecule has 0 spiro atoms. The van der Waals surface area contributed by atoms with Crippen LogP contribution in [0.4, 0.5) is 0 Å². The van der Waals surface area contributed by atoms with Crippen molar-refractivity contribution in [2.24, 2.45) is 11.1 Å². The van der Waals surface area contributed by atoms with E-state index in [2.05, 4.69) is 18.7 Å². The van der Waals surface area contributed by atoms with E-state index in [0.717, 1.165) is 19.6 Å². The molecule has 2 N–H and O–H groups in total. The third-order valence-corrected chi connectivity index (χ3v) is 3.72. The highest BCUT2D eigenvalue weighted by atomic mass is 32.1. The van der Waals surface area contributed by atoms with Gasteiger partial charge in [0.05, 0.1) is 4.99 Å². The third kappa shape index (κ3) is 5.31. The van der Waals surface area contributed by atoms with E-state index < -0.39 is 0 Å². The molecule has 1 amide bonds. The third-order valence-electron chi connectivity index (χ3n) is 3.52. The molecule has 1 rings (SSSR count). The van der Waals surface area contributed by atoms with Crippen LogP contribution in [0.1, 0.15) is 33.1 Å². The molecule has 1 aliphatic rings. The van der Waals surface area contributed by atoms with Crippen molar-refractivity contribution in [1.29, 1.82) is 0 Å². The van der Waals surface area contributed by atoms with Crippen LogP contribution in [-0.2, 0) is 4.79 Å². The predicted octanol–water partition coefficient (Wildman–Crippen LogP) is 1.24. The van der Waals surface area contributed by atoms with Gasteiger partial charge in [0.25, 0.3) is 0 Å². The van der Waals surface area contributed by atoms with Gasteiger partial charge in [-0.15, -0.1) is 0 Å². The summed E-state index contributed by atoms with van der Waals surface area (Å²) in [6.07, 6.45) is 2.41. The van der Waals surface area contributed by atoms with Crippen molar-refractivity contribution in [2.45, 2.75) is 33.1 Å². The zero-order chi connectivity index (χ0) is 13.8. The first-order valence-electron chi connectivity index (χ1n) is 6.55. The van der Waals surface area contributed by atoms with Gasteiger partial charge in [-0.2, -0.15) is 0 Å². The Labute approximate surface area is 115 Å². The molecule has 1 heterocycles. The van der Waals surface area contributed by atoms with E-state index in [1.54, 1.807) is 4.90 Å². The number of hydrogen-bond acceptors (Lipinski definition) is 3. The summed E-state index contributed by atoms with van der Waals surface area (Å²) in [5.74, 6) is 0.177. The quantitative estimate of drug-likeness (QED) is 0.739. The molecule has 1 saturated heterocycles. The number of carbonyl (C=O) groups is 1. The van der Waals surface area contributed by atoms with E-state index in [0.29, 0.717) is 29.8 Å². The molecule has 18 heavy (non-hydrogen) atoms. The molecule has 1 aliphatic heterocycles. The fourth-order valence-corrected chi connectivity index (χ4v) is 2.35. The van der Waals surface area contributed by atoms with Crippen LogP contribution in [0.25, 0.3) is 0 Å². The molecule has 0 aromatic carbocycles. The number of thiocarbonyl (C=S) groups is 1. The molecule has 0 atom stereocenters. The highest BCUT2D eigenvalue weighted by Crippen LogP contribution is 2.28. The first-order chi connectivity index (χ1) is 8.30. The van der Waals surface area contributed by atoms with Gasteiger partial charge in [-0.1, -0.05) is 26.1 Å². The van der Waals surface area contributed by atoms with Crippen LogP contribution in [0.3, 0.4) is 0 Å². The van der Waals surface area contributed by atoms with Crippen LogP contribution in [-0.4, -0.2) is 53.9 Å². The maximum absolute atomic E-state index is 11.9. The first kappa shape index (κ1) is 15.4. The molecule has 0 radical (unpaired) electrons. The smallest absolute Gasteiger partial charge is 0.223 e. The summed E-state index contributed by atoms with van der Waals surface area (Å²) in [5.41, 5.74) is 5.83. The highest BCUT2D eigenvalue weighted by molar-refractivity contribution is 7.80. The molecule has 0 unspecified atom stereocenters.